The van der Waals surface area contributed by atoms with Crippen molar-refractivity contribution in [1.29, 1.82) is 5.26 Å². The molecule has 13 heavy (non-hydrogen) atoms. The van der Waals surface area contributed by atoms with Gasteiger partial charge in [0, 0.05) is 6.20 Å². The Kier molecular flexibility index (Phi) is 2.40. The van der Waals surface area contributed by atoms with Gasteiger partial charge >= 0.3 is 5.69 Å². The van der Waals surface area contributed by atoms with Gasteiger partial charge in [-0.3, -0.25) is 15.1 Å². The number of methoxy groups -OCH3 is 1. The van der Waals surface area contributed by atoms with Gasteiger partial charge in [0.1, 0.15) is 17.8 Å². The van der Waals surface area contributed by atoms with Gasteiger partial charge in [0.05, 0.1) is 12.0 Å². The van der Waals surface area contributed by atoms with E-state index in [4.69, 9.17) is 10.00 Å². The molecule has 0 aliphatic carbocycles. The molecule has 1 rings (SSSR count). The normalized spacial score (nSPS) is 8.92. The molecule has 6 nitrogen and oxygen atoms in total. The van der Waals surface area contributed by atoms with Crippen LogP contribution in [-0.4, -0.2) is 17.0 Å². The lowest BCUT2D eigenvalue weighted by atomic mass is 10.2. The minimum atomic E-state index is -0.646. The average Bonchev–Trinajstić information content (AvgIpc) is 2.16. The Morgan fingerprint density at radius 1 is 1.69 bits per heavy atom. The molecule has 0 aliphatic heterocycles. The molecule has 0 amide bonds. The third kappa shape index (κ3) is 1.54. The van der Waals surface area contributed by atoms with Crippen molar-refractivity contribution in [3.8, 4) is 11.8 Å². The maximum atomic E-state index is 10.4. The highest BCUT2D eigenvalue weighted by Gasteiger charge is 2.18. The van der Waals surface area contributed by atoms with Crippen molar-refractivity contribution in [2.45, 2.75) is 0 Å². The predicted octanol–water partition coefficient (Wildman–Crippen LogP) is 0.870. The smallest absolute Gasteiger partial charge is 0.330 e. The summed E-state index contributed by atoms with van der Waals surface area (Å²) in [7, 11) is 1.27. The van der Waals surface area contributed by atoms with Gasteiger partial charge in [-0.25, -0.2) is 0 Å². The van der Waals surface area contributed by atoms with Crippen molar-refractivity contribution < 1.29 is 9.66 Å². The van der Waals surface area contributed by atoms with E-state index in [-0.39, 0.29) is 17.0 Å². The number of pyridine rings is 1. The number of nitriles is 1. The van der Waals surface area contributed by atoms with Crippen molar-refractivity contribution in [2.24, 2.45) is 0 Å². The molecule has 0 bridgehead atoms. The molecule has 66 valence electrons. The van der Waals surface area contributed by atoms with Crippen molar-refractivity contribution in [3.63, 3.8) is 0 Å². The summed E-state index contributed by atoms with van der Waals surface area (Å²) in [6, 6.07) is 1.75. The maximum absolute atomic E-state index is 10.4. The number of nitrogens with zero attached hydrogens (tertiary/aromatic N) is 3. The molecule has 0 radical (unpaired) electrons. The molecule has 0 fully saturated rings. The molecular formula is C7H5N3O3. The molecule has 0 atom stereocenters. The Morgan fingerprint density at radius 2 is 2.38 bits per heavy atom. The lowest BCUT2D eigenvalue weighted by Gasteiger charge is -2.01. The highest BCUT2D eigenvalue weighted by molar-refractivity contribution is 5.54. The number of rotatable bonds is 2. The second kappa shape index (κ2) is 3.49. The monoisotopic (exact) mass is 179 g/mol. The fourth-order valence-corrected chi connectivity index (χ4v) is 0.862. The second-order valence-electron chi connectivity index (χ2n) is 2.11. The molecule has 6 heteroatoms. The summed E-state index contributed by atoms with van der Waals surface area (Å²) in [4.78, 5) is 13.3. The Morgan fingerprint density at radius 3 is 2.85 bits per heavy atom. The molecular weight excluding hydrogens is 174 g/mol. The highest BCUT2D eigenvalue weighted by Crippen LogP contribution is 2.28. The fourth-order valence-electron chi connectivity index (χ4n) is 0.862. The van der Waals surface area contributed by atoms with Gasteiger partial charge < -0.3 is 4.74 Å². The SMILES string of the molecule is COc1c(C#N)cncc1[N+](=O)[O-]. The molecule has 0 aromatic carbocycles. The first kappa shape index (κ1) is 8.93. The van der Waals surface area contributed by atoms with E-state index in [1.165, 1.54) is 13.3 Å². The highest BCUT2D eigenvalue weighted by atomic mass is 16.6. The number of aromatic nitrogens is 1. The summed E-state index contributed by atoms with van der Waals surface area (Å²) in [5, 5.41) is 19.0. The second-order valence-corrected chi connectivity index (χ2v) is 2.11. The average molecular weight is 179 g/mol. The zero-order chi connectivity index (χ0) is 9.84. The van der Waals surface area contributed by atoms with Gasteiger partial charge in [-0.15, -0.1) is 0 Å². The molecule has 0 saturated heterocycles. The Bertz CT molecular complexity index is 383. The third-order valence-electron chi connectivity index (χ3n) is 1.40. The van der Waals surface area contributed by atoms with Crippen LogP contribution >= 0.6 is 0 Å². The van der Waals surface area contributed by atoms with Gasteiger partial charge in [0.15, 0.2) is 0 Å². The first-order chi connectivity index (χ1) is 6.20. The predicted molar refractivity (Wildman–Crippen MR) is 42.2 cm³/mol. The third-order valence-corrected chi connectivity index (χ3v) is 1.40. The molecule has 1 aromatic rings. The largest absolute Gasteiger partial charge is 0.489 e. The topological polar surface area (TPSA) is 89.0 Å². The molecule has 1 aromatic heterocycles. The Labute approximate surface area is 73.5 Å². The van der Waals surface area contributed by atoms with E-state index in [9.17, 15) is 10.1 Å². The quantitative estimate of drug-likeness (QED) is 0.496. The van der Waals surface area contributed by atoms with E-state index in [0.29, 0.717) is 0 Å². The summed E-state index contributed by atoms with van der Waals surface area (Å²) >= 11 is 0. The van der Waals surface area contributed by atoms with E-state index in [2.05, 4.69) is 4.98 Å². The summed E-state index contributed by atoms with van der Waals surface area (Å²) < 4.78 is 4.72. The molecule has 0 aliphatic rings. The van der Waals surface area contributed by atoms with Gasteiger partial charge in [-0.2, -0.15) is 5.26 Å². The first-order valence-corrected chi connectivity index (χ1v) is 3.27. The van der Waals surface area contributed by atoms with Crippen LogP contribution in [0.2, 0.25) is 0 Å². The van der Waals surface area contributed by atoms with Gasteiger partial charge in [-0.1, -0.05) is 0 Å². The summed E-state index contributed by atoms with van der Waals surface area (Å²) in [6.07, 6.45) is 2.26. The zero-order valence-electron chi connectivity index (χ0n) is 6.72. The molecule has 0 N–H and O–H groups in total. The van der Waals surface area contributed by atoms with E-state index in [1.54, 1.807) is 6.07 Å². The molecule has 1 heterocycles. The maximum Gasteiger partial charge on any atom is 0.330 e. The first-order valence-electron chi connectivity index (χ1n) is 3.27. The van der Waals surface area contributed by atoms with Crippen molar-refractivity contribution in [1.82, 2.24) is 4.98 Å². The van der Waals surface area contributed by atoms with Crippen LogP contribution in [0, 0.1) is 21.4 Å². The van der Waals surface area contributed by atoms with E-state index in [1.807, 2.05) is 0 Å². The van der Waals surface area contributed by atoms with Crippen molar-refractivity contribution in [2.75, 3.05) is 7.11 Å². The van der Waals surface area contributed by atoms with Crippen LogP contribution in [0.3, 0.4) is 0 Å². The number of nitro groups is 1. The number of hydrogen-bond acceptors (Lipinski definition) is 5. The van der Waals surface area contributed by atoms with Crippen LogP contribution in [0.5, 0.6) is 5.75 Å². The number of hydrogen-bond donors (Lipinski definition) is 0. The van der Waals surface area contributed by atoms with Gasteiger partial charge in [0.2, 0.25) is 5.75 Å². The number of ether oxygens (including phenoxy) is 1. The Hall–Kier alpha value is -2.16. The summed E-state index contributed by atoms with van der Waals surface area (Å²) in [6.45, 7) is 0. The minimum absolute atomic E-state index is 0.0525. The Balaban J connectivity index is 3.38. The van der Waals surface area contributed by atoms with Crippen LogP contribution < -0.4 is 4.74 Å². The lowest BCUT2D eigenvalue weighted by molar-refractivity contribution is -0.386. The van der Waals surface area contributed by atoms with Crippen LogP contribution in [-0.2, 0) is 0 Å². The molecule has 0 unspecified atom stereocenters. The van der Waals surface area contributed by atoms with Crippen molar-refractivity contribution in [3.05, 3.63) is 28.1 Å². The van der Waals surface area contributed by atoms with Crippen LogP contribution in [0.15, 0.2) is 12.4 Å². The van der Waals surface area contributed by atoms with E-state index >= 15 is 0 Å². The fraction of sp³-hybridized carbons (Fsp3) is 0.143. The summed E-state index contributed by atoms with van der Waals surface area (Å²) in [5.74, 6) is -0.0532. The van der Waals surface area contributed by atoms with Crippen molar-refractivity contribution >= 4 is 5.69 Å². The van der Waals surface area contributed by atoms with Crippen LogP contribution in [0.4, 0.5) is 5.69 Å². The van der Waals surface area contributed by atoms with Gasteiger partial charge in [-0.05, 0) is 0 Å². The van der Waals surface area contributed by atoms with Crippen LogP contribution in [0.25, 0.3) is 0 Å². The minimum Gasteiger partial charge on any atom is -0.489 e. The van der Waals surface area contributed by atoms with E-state index in [0.717, 1.165) is 6.20 Å². The standard InChI is InChI=1S/C7H5N3O3/c1-13-7-5(2-8)3-9-4-6(7)10(11)12/h3-4H,1H3. The molecule has 0 spiro atoms. The van der Waals surface area contributed by atoms with Crippen LogP contribution in [0.1, 0.15) is 5.56 Å². The van der Waals surface area contributed by atoms with Gasteiger partial charge in [0.25, 0.3) is 0 Å². The van der Waals surface area contributed by atoms with E-state index < -0.39 is 4.92 Å². The summed E-state index contributed by atoms with van der Waals surface area (Å²) in [5.41, 5.74) is -0.252. The molecule has 0 saturated carbocycles. The zero-order valence-corrected chi connectivity index (χ0v) is 6.72. The lowest BCUT2D eigenvalue weighted by Crippen LogP contribution is -1.97.